The van der Waals surface area contributed by atoms with Crippen molar-refractivity contribution in [2.75, 3.05) is 0 Å². The molecule has 1 fully saturated rings. The number of aromatic nitrogens is 4. The monoisotopic (exact) mass is 298 g/mol. The van der Waals surface area contributed by atoms with Gasteiger partial charge in [-0.25, -0.2) is 23.7 Å². The molecule has 1 aliphatic rings. The van der Waals surface area contributed by atoms with Crippen LogP contribution in [-0.4, -0.2) is 26.4 Å². The zero-order chi connectivity index (χ0) is 14.4. The second-order valence-corrected chi connectivity index (χ2v) is 5.55. The van der Waals surface area contributed by atoms with Crippen molar-refractivity contribution in [2.24, 2.45) is 5.92 Å². The Morgan fingerprint density at radius 1 is 1.05 bits per heavy atom. The largest absolute Gasteiger partial charge is 0.246 e. The lowest BCUT2D eigenvalue weighted by Crippen LogP contribution is -2.28. The molecule has 4 nitrogen and oxygen atoms in total. The lowest BCUT2D eigenvalue weighted by Gasteiger charge is -2.34. The van der Waals surface area contributed by atoms with E-state index in [-0.39, 0.29) is 11.2 Å². The van der Waals surface area contributed by atoms with Gasteiger partial charge in [0.05, 0.1) is 17.1 Å². The van der Waals surface area contributed by atoms with Crippen LogP contribution in [0, 0.1) is 19.8 Å². The Bertz CT molecular complexity index is 671. The third-order valence-electron chi connectivity index (χ3n) is 3.86. The van der Waals surface area contributed by atoms with E-state index >= 15 is 0 Å². The van der Waals surface area contributed by atoms with E-state index in [0.717, 1.165) is 11.4 Å². The zero-order valence-electron chi connectivity index (χ0n) is 11.1. The molecule has 106 valence electrons. The van der Waals surface area contributed by atoms with Crippen molar-refractivity contribution >= 4 is 22.8 Å². The maximum Gasteiger partial charge on any atom is 0.241 e. The molecular weight excluding hydrogens is 286 g/mol. The summed E-state index contributed by atoms with van der Waals surface area (Å²) in [6.07, 6.45) is -1.45. The minimum absolute atomic E-state index is 0.0339. The second-order valence-electron chi connectivity index (χ2n) is 5.21. The predicted octanol–water partition coefficient (Wildman–Crippen LogP) is 3.45. The second kappa shape index (κ2) is 4.84. The molecular formula is C13H13ClF2N4. The molecule has 3 rings (SSSR count). The van der Waals surface area contributed by atoms with Gasteiger partial charge in [-0.1, -0.05) is 0 Å². The molecule has 1 aliphatic carbocycles. The highest BCUT2D eigenvalue weighted by Gasteiger charge is 2.38. The van der Waals surface area contributed by atoms with Gasteiger partial charge in [-0.3, -0.25) is 0 Å². The maximum absolute atomic E-state index is 12.6. The Labute approximate surface area is 119 Å². The van der Waals surface area contributed by atoms with Crippen molar-refractivity contribution in [2.45, 2.75) is 39.0 Å². The predicted molar refractivity (Wildman–Crippen MR) is 71.1 cm³/mol. The molecule has 7 heteroatoms. The number of fused-ring (bicyclic) bond motifs is 1. The Morgan fingerprint density at radius 3 is 2.35 bits per heavy atom. The average Bonchev–Trinajstić information content (AvgIpc) is 2.29. The van der Waals surface area contributed by atoms with E-state index in [9.17, 15) is 8.78 Å². The van der Waals surface area contributed by atoms with Crippen molar-refractivity contribution < 1.29 is 8.78 Å². The topological polar surface area (TPSA) is 51.6 Å². The Hall–Kier alpha value is -1.43. The smallest absolute Gasteiger partial charge is 0.241 e. The van der Waals surface area contributed by atoms with Gasteiger partial charge in [-0.2, -0.15) is 4.98 Å². The molecule has 2 aromatic heterocycles. The lowest BCUT2D eigenvalue weighted by atomic mass is 9.73. The highest BCUT2D eigenvalue weighted by molar-refractivity contribution is 6.28. The van der Waals surface area contributed by atoms with Crippen LogP contribution >= 0.6 is 11.6 Å². The molecule has 2 aromatic rings. The number of hydrogen-bond acceptors (Lipinski definition) is 4. The highest BCUT2D eigenvalue weighted by atomic mass is 35.5. The Balaban J connectivity index is 2.04. The summed E-state index contributed by atoms with van der Waals surface area (Å²) in [5.74, 6) is -0.586. The van der Waals surface area contributed by atoms with E-state index < -0.39 is 12.3 Å². The fraction of sp³-hybridized carbons (Fsp3) is 0.538. The molecule has 0 N–H and O–H groups in total. The van der Waals surface area contributed by atoms with Crippen LogP contribution in [0.3, 0.4) is 0 Å². The summed E-state index contributed by atoms with van der Waals surface area (Å²) in [5.41, 5.74) is 3.22. The van der Waals surface area contributed by atoms with Gasteiger partial charge in [0.25, 0.3) is 0 Å². The molecule has 1 saturated carbocycles. The SMILES string of the molecule is Cc1nc2nc(Cl)nc(C3CC(C(F)F)C3)c2nc1C. The highest BCUT2D eigenvalue weighted by Crippen LogP contribution is 2.45. The van der Waals surface area contributed by atoms with Gasteiger partial charge in [0, 0.05) is 11.8 Å². The Morgan fingerprint density at radius 2 is 1.70 bits per heavy atom. The summed E-state index contributed by atoms with van der Waals surface area (Å²) in [6, 6.07) is 0. The zero-order valence-corrected chi connectivity index (χ0v) is 11.8. The first kappa shape index (κ1) is 13.5. The van der Waals surface area contributed by atoms with E-state index in [1.807, 2.05) is 13.8 Å². The number of alkyl halides is 2. The first-order valence-corrected chi connectivity index (χ1v) is 6.80. The van der Waals surface area contributed by atoms with Gasteiger partial charge in [0.2, 0.25) is 11.7 Å². The van der Waals surface area contributed by atoms with Gasteiger partial charge in [-0.05, 0) is 38.3 Å². The number of hydrogen-bond donors (Lipinski definition) is 0. The molecule has 0 bridgehead atoms. The summed E-state index contributed by atoms with van der Waals surface area (Å²) in [5, 5.41) is 0.0885. The lowest BCUT2D eigenvalue weighted by molar-refractivity contribution is 0.0221. The summed E-state index contributed by atoms with van der Waals surface area (Å²) >= 11 is 5.90. The molecule has 20 heavy (non-hydrogen) atoms. The van der Waals surface area contributed by atoms with E-state index in [4.69, 9.17) is 11.6 Å². The number of aryl methyl sites for hydroxylation is 2. The standard InChI is InChI=1S/C13H13ClF2N4/c1-5-6(2)18-12-10(17-5)9(19-13(14)20-12)7-3-8(4-7)11(15)16/h7-8,11H,3-4H2,1-2H3. The molecule has 0 atom stereocenters. The molecule has 0 spiro atoms. The maximum atomic E-state index is 12.6. The molecule has 0 aliphatic heterocycles. The summed E-state index contributed by atoms with van der Waals surface area (Å²) in [7, 11) is 0. The minimum atomic E-state index is -2.27. The van der Waals surface area contributed by atoms with Gasteiger partial charge in [0.15, 0.2) is 5.65 Å². The quantitative estimate of drug-likeness (QED) is 0.797. The van der Waals surface area contributed by atoms with Gasteiger partial charge in [-0.15, -0.1) is 0 Å². The van der Waals surface area contributed by atoms with Crippen LogP contribution in [0.25, 0.3) is 11.2 Å². The normalized spacial score (nSPS) is 22.3. The van der Waals surface area contributed by atoms with E-state index in [0.29, 0.717) is 29.7 Å². The summed E-state index contributed by atoms with van der Waals surface area (Å²) in [4.78, 5) is 17.1. The minimum Gasteiger partial charge on any atom is -0.246 e. The van der Waals surface area contributed by atoms with Crippen molar-refractivity contribution in [3.8, 4) is 0 Å². The van der Waals surface area contributed by atoms with Crippen molar-refractivity contribution in [3.63, 3.8) is 0 Å². The van der Waals surface area contributed by atoms with Crippen LogP contribution in [0.2, 0.25) is 5.28 Å². The fourth-order valence-corrected chi connectivity index (χ4v) is 2.65. The van der Waals surface area contributed by atoms with Gasteiger partial charge >= 0.3 is 0 Å². The van der Waals surface area contributed by atoms with E-state index in [1.165, 1.54) is 0 Å². The van der Waals surface area contributed by atoms with E-state index in [2.05, 4.69) is 19.9 Å². The van der Waals surface area contributed by atoms with Crippen LogP contribution < -0.4 is 0 Å². The van der Waals surface area contributed by atoms with Crippen LogP contribution in [0.15, 0.2) is 0 Å². The molecule has 0 unspecified atom stereocenters. The van der Waals surface area contributed by atoms with Crippen molar-refractivity contribution in [3.05, 3.63) is 22.4 Å². The van der Waals surface area contributed by atoms with Crippen molar-refractivity contribution in [1.29, 1.82) is 0 Å². The molecule has 0 aromatic carbocycles. The van der Waals surface area contributed by atoms with E-state index in [1.54, 1.807) is 0 Å². The fourth-order valence-electron chi connectivity index (χ4n) is 2.48. The first-order valence-electron chi connectivity index (χ1n) is 6.42. The Kier molecular flexibility index (Phi) is 3.28. The van der Waals surface area contributed by atoms with Crippen LogP contribution in [-0.2, 0) is 0 Å². The third-order valence-corrected chi connectivity index (χ3v) is 4.03. The number of nitrogens with zero attached hydrogens (tertiary/aromatic N) is 4. The molecule has 2 heterocycles. The van der Waals surface area contributed by atoms with Crippen LogP contribution in [0.5, 0.6) is 0 Å². The van der Waals surface area contributed by atoms with Gasteiger partial charge < -0.3 is 0 Å². The van der Waals surface area contributed by atoms with Crippen LogP contribution in [0.4, 0.5) is 8.78 Å². The number of halogens is 3. The number of rotatable bonds is 2. The van der Waals surface area contributed by atoms with Crippen molar-refractivity contribution in [1.82, 2.24) is 19.9 Å². The van der Waals surface area contributed by atoms with Crippen LogP contribution in [0.1, 0.15) is 35.8 Å². The average molecular weight is 299 g/mol. The first-order chi connectivity index (χ1) is 9.45. The third kappa shape index (κ3) is 2.22. The molecule has 0 amide bonds. The summed E-state index contributed by atoms with van der Waals surface area (Å²) in [6.45, 7) is 3.69. The summed E-state index contributed by atoms with van der Waals surface area (Å²) < 4.78 is 25.2. The molecule has 0 saturated heterocycles. The van der Waals surface area contributed by atoms with Gasteiger partial charge in [0.1, 0.15) is 5.52 Å². The molecule has 0 radical (unpaired) electrons.